The number of rotatable bonds is 7. The summed E-state index contributed by atoms with van der Waals surface area (Å²) in [7, 11) is 0. The monoisotopic (exact) mass is 429 g/mol. The van der Waals surface area contributed by atoms with Gasteiger partial charge in [-0.1, -0.05) is 0 Å². The molecule has 0 aliphatic carbocycles. The fraction of sp³-hybridized carbons (Fsp3) is 0.421. The van der Waals surface area contributed by atoms with Crippen LogP contribution in [0.15, 0.2) is 33.9 Å². The molecule has 30 heavy (non-hydrogen) atoms. The SMILES string of the molecule is Cc1c(Nc2ccc(OC3OC(CCC(=O)[O-])C(O)[C@H](O)[C@H]3O)cc2)c(=O)c1=O.[Na+]. The number of ether oxygens (including phenoxy) is 2. The Morgan fingerprint density at radius 1 is 1.10 bits per heavy atom. The van der Waals surface area contributed by atoms with Crippen LogP contribution in [0.25, 0.3) is 0 Å². The number of carbonyl (C=O) groups is 1. The number of hydrogen-bond acceptors (Lipinski definition) is 10. The molecule has 0 radical (unpaired) electrons. The zero-order valence-corrected chi connectivity index (χ0v) is 18.4. The molecule has 1 saturated heterocycles. The third-order valence-electron chi connectivity index (χ3n) is 4.83. The van der Waals surface area contributed by atoms with Crippen molar-refractivity contribution in [2.45, 2.75) is 50.5 Å². The molecule has 0 bridgehead atoms. The summed E-state index contributed by atoms with van der Waals surface area (Å²) in [5.74, 6) is -1.08. The van der Waals surface area contributed by atoms with Gasteiger partial charge in [0.05, 0.1) is 11.8 Å². The molecule has 156 valence electrons. The molecule has 1 aliphatic rings. The molecular formula is C19H20NNaO9. The Balaban J connectivity index is 0.00000320. The fourth-order valence-electron chi connectivity index (χ4n) is 3.06. The Morgan fingerprint density at radius 3 is 2.30 bits per heavy atom. The molecule has 0 saturated carbocycles. The smallest absolute Gasteiger partial charge is 0.550 e. The van der Waals surface area contributed by atoms with E-state index in [0.29, 0.717) is 11.3 Å². The van der Waals surface area contributed by atoms with Gasteiger partial charge in [-0.25, -0.2) is 0 Å². The molecule has 11 heteroatoms. The van der Waals surface area contributed by atoms with Crippen LogP contribution in [0.5, 0.6) is 5.75 Å². The van der Waals surface area contributed by atoms with Gasteiger partial charge >= 0.3 is 29.6 Å². The third-order valence-corrected chi connectivity index (χ3v) is 4.83. The number of carboxylic acids is 1. The van der Waals surface area contributed by atoms with E-state index in [1.165, 1.54) is 12.1 Å². The fourth-order valence-corrected chi connectivity index (χ4v) is 3.06. The molecule has 1 aliphatic heterocycles. The van der Waals surface area contributed by atoms with Crippen molar-refractivity contribution >= 4 is 17.3 Å². The summed E-state index contributed by atoms with van der Waals surface area (Å²) in [6.07, 6.45) is -7.54. The van der Waals surface area contributed by atoms with Gasteiger partial charge in [0, 0.05) is 17.2 Å². The first-order valence-corrected chi connectivity index (χ1v) is 8.92. The van der Waals surface area contributed by atoms with E-state index in [1.54, 1.807) is 19.1 Å². The predicted molar refractivity (Wildman–Crippen MR) is 97.4 cm³/mol. The van der Waals surface area contributed by atoms with Crippen molar-refractivity contribution in [1.29, 1.82) is 0 Å². The molecule has 10 nitrogen and oxygen atoms in total. The van der Waals surface area contributed by atoms with Crippen molar-refractivity contribution in [1.82, 2.24) is 0 Å². The number of carboxylic acid groups (broad SMARTS) is 1. The average Bonchev–Trinajstić information content (AvgIpc) is 2.71. The molecule has 3 rings (SSSR count). The first-order chi connectivity index (χ1) is 13.7. The standard InChI is InChI=1S/C19H21NO9.Na/c1-8-13(16(25)14(8)23)20-9-2-4-10(5-3-9)28-19-18(27)17(26)15(24)11(29-19)6-7-12(21)22;/h2-5,11,15,17-20,24,26-27H,6-7H2,1H3,(H,21,22);/q;+1/p-1/t11?,15?,17-,18+,19?;/m0./s1. The topological polar surface area (TPSA) is 165 Å². The van der Waals surface area contributed by atoms with Gasteiger partial charge in [0.15, 0.2) is 0 Å². The summed E-state index contributed by atoms with van der Waals surface area (Å²) in [5, 5.41) is 43.5. The van der Waals surface area contributed by atoms with Crippen molar-refractivity contribution in [2.24, 2.45) is 0 Å². The van der Waals surface area contributed by atoms with Gasteiger partial charge in [-0.05, 0) is 44.0 Å². The maximum Gasteiger partial charge on any atom is 1.00 e. The molecule has 0 aromatic heterocycles. The predicted octanol–water partition coefficient (Wildman–Crippen LogP) is -4.94. The molecule has 3 unspecified atom stereocenters. The quantitative estimate of drug-likeness (QED) is 0.247. The van der Waals surface area contributed by atoms with Gasteiger partial charge in [-0.15, -0.1) is 0 Å². The summed E-state index contributed by atoms with van der Waals surface area (Å²) < 4.78 is 10.9. The van der Waals surface area contributed by atoms with Crippen LogP contribution in [-0.4, -0.2) is 52.0 Å². The second-order valence-corrected chi connectivity index (χ2v) is 6.85. The number of anilines is 2. The van der Waals surface area contributed by atoms with Gasteiger partial charge in [-0.3, -0.25) is 9.59 Å². The molecule has 0 spiro atoms. The van der Waals surface area contributed by atoms with Gasteiger partial charge < -0.3 is 40.0 Å². The van der Waals surface area contributed by atoms with Gasteiger partial charge in [-0.2, -0.15) is 0 Å². The molecule has 0 amide bonds. The van der Waals surface area contributed by atoms with Gasteiger partial charge in [0.1, 0.15) is 24.1 Å². The second-order valence-electron chi connectivity index (χ2n) is 6.85. The minimum Gasteiger partial charge on any atom is -0.550 e. The van der Waals surface area contributed by atoms with E-state index < -0.39 is 54.0 Å². The molecule has 4 N–H and O–H groups in total. The maximum atomic E-state index is 11.5. The summed E-state index contributed by atoms with van der Waals surface area (Å²) in [5.41, 5.74) is -0.00620. The van der Waals surface area contributed by atoms with Crippen molar-refractivity contribution in [3.63, 3.8) is 0 Å². The number of aliphatic carboxylic acids is 1. The van der Waals surface area contributed by atoms with Gasteiger partial charge in [0.25, 0.3) is 0 Å². The van der Waals surface area contributed by atoms with E-state index in [0.717, 1.165) is 0 Å². The van der Waals surface area contributed by atoms with Crippen LogP contribution in [0.2, 0.25) is 0 Å². The molecule has 2 aromatic carbocycles. The first kappa shape index (κ1) is 24.5. The van der Waals surface area contributed by atoms with Crippen LogP contribution < -0.4 is 55.6 Å². The molecular weight excluding hydrogens is 409 g/mol. The van der Waals surface area contributed by atoms with Crippen molar-refractivity contribution in [2.75, 3.05) is 5.32 Å². The molecule has 1 heterocycles. The number of carbonyl (C=O) groups excluding carboxylic acids is 1. The Labute approximate surface area is 193 Å². The number of benzene rings is 1. The van der Waals surface area contributed by atoms with E-state index in [9.17, 15) is 34.8 Å². The summed E-state index contributed by atoms with van der Waals surface area (Å²) in [6, 6.07) is 6.15. The van der Waals surface area contributed by atoms with Crippen LogP contribution in [0.1, 0.15) is 18.4 Å². The van der Waals surface area contributed by atoms with Crippen LogP contribution in [-0.2, 0) is 9.53 Å². The van der Waals surface area contributed by atoms with E-state index in [-0.39, 0.29) is 47.4 Å². The Morgan fingerprint density at radius 2 is 1.73 bits per heavy atom. The average molecular weight is 429 g/mol. The van der Waals surface area contributed by atoms with E-state index in [2.05, 4.69) is 5.32 Å². The number of nitrogens with one attached hydrogen (secondary N) is 1. The van der Waals surface area contributed by atoms with E-state index >= 15 is 0 Å². The molecule has 5 atom stereocenters. The minimum atomic E-state index is -1.58. The number of aliphatic hydroxyl groups is 3. The second kappa shape index (κ2) is 10.0. The summed E-state index contributed by atoms with van der Waals surface area (Å²) in [4.78, 5) is 33.4. The zero-order valence-electron chi connectivity index (χ0n) is 16.4. The minimum absolute atomic E-state index is 0. The van der Waals surface area contributed by atoms with Crippen LogP contribution in [0.3, 0.4) is 0 Å². The molecule has 1 fully saturated rings. The Kier molecular flexibility index (Phi) is 8.17. The van der Waals surface area contributed by atoms with E-state index in [4.69, 9.17) is 9.47 Å². The van der Waals surface area contributed by atoms with Crippen molar-refractivity contribution < 1.29 is 64.3 Å². The van der Waals surface area contributed by atoms with Crippen molar-refractivity contribution in [3.05, 3.63) is 50.3 Å². The summed E-state index contributed by atoms with van der Waals surface area (Å²) in [6.45, 7) is 1.54. The van der Waals surface area contributed by atoms with Gasteiger partial charge in [0.2, 0.25) is 17.1 Å². The summed E-state index contributed by atoms with van der Waals surface area (Å²) >= 11 is 0. The largest absolute Gasteiger partial charge is 1.00 e. The Bertz CT molecular complexity index is 954. The third kappa shape index (κ3) is 5.09. The van der Waals surface area contributed by atoms with Crippen LogP contribution in [0, 0.1) is 6.92 Å². The zero-order chi connectivity index (χ0) is 21.3. The van der Waals surface area contributed by atoms with Crippen LogP contribution >= 0.6 is 0 Å². The normalized spacial score (nSPS) is 26.1. The Hall–Kier alpha value is -1.79. The maximum absolute atomic E-state index is 11.5. The van der Waals surface area contributed by atoms with E-state index in [1.807, 2.05) is 0 Å². The van der Waals surface area contributed by atoms with Crippen LogP contribution in [0.4, 0.5) is 11.4 Å². The van der Waals surface area contributed by atoms with Crippen molar-refractivity contribution in [3.8, 4) is 5.75 Å². The number of hydrogen-bond donors (Lipinski definition) is 4. The molecule has 2 aromatic rings. The number of aliphatic hydroxyl groups excluding tert-OH is 3. The first-order valence-electron chi connectivity index (χ1n) is 8.92.